The molecule has 1 nitrogen and oxygen atoms in total. The van der Waals surface area contributed by atoms with Crippen molar-refractivity contribution in [1.82, 2.24) is 0 Å². The number of benzene rings is 10. The SMILES string of the molecule is CC1(C)c2ccccc2-c2ccc(N(c3ccc(-c4ccccc4)cc3)c3ccc4c5c(c(-c6ccccc6)cc4c3)-c3ccccc3C5(c3ccccc3)c3ccccc3)cc21. The minimum atomic E-state index is -0.549. The van der Waals surface area contributed by atoms with Crippen LogP contribution in [0.25, 0.3) is 55.3 Å². The smallest absolute Gasteiger partial charge is 0.0719 e. The zero-order valence-electron chi connectivity index (χ0n) is 35.5. The van der Waals surface area contributed by atoms with Crippen LogP contribution in [0.5, 0.6) is 0 Å². The third-order valence-electron chi connectivity index (χ3n) is 13.9. The average molecular weight is 804 g/mol. The lowest BCUT2D eigenvalue weighted by Crippen LogP contribution is -2.28. The Balaban J connectivity index is 1.13. The molecule has 10 aromatic rings. The lowest BCUT2D eigenvalue weighted by molar-refractivity contribution is 0.660. The zero-order valence-corrected chi connectivity index (χ0v) is 35.5. The number of hydrogen-bond acceptors (Lipinski definition) is 1. The summed E-state index contributed by atoms with van der Waals surface area (Å²) < 4.78 is 0. The summed E-state index contributed by atoms with van der Waals surface area (Å²) in [5.41, 5.74) is 20.7. The van der Waals surface area contributed by atoms with Crippen molar-refractivity contribution in [3.05, 3.63) is 270 Å². The van der Waals surface area contributed by atoms with Crippen molar-refractivity contribution in [1.29, 1.82) is 0 Å². The average Bonchev–Trinajstić information content (AvgIpc) is 3.79. The van der Waals surface area contributed by atoms with Gasteiger partial charge in [0.05, 0.1) is 5.41 Å². The van der Waals surface area contributed by atoms with Gasteiger partial charge in [-0.2, -0.15) is 0 Å². The van der Waals surface area contributed by atoms with Gasteiger partial charge in [-0.05, 0) is 131 Å². The molecule has 2 aliphatic rings. The highest BCUT2D eigenvalue weighted by atomic mass is 15.1. The van der Waals surface area contributed by atoms with Crippen molar-refractivity contribution in [3.8, 4) is 44.5 Å². The van der Waals surface area contributed by atoms with E-state index in [1.807, 2.05) is 0 Å². The molecule has 0 aromatic heterocycles. The van der Waals surface area contributed by atoms with Gasteiger partial charge in [-0.1, -0.05) is 208 Å². The van der Waals surface area contributed by atoms with Crippen LogP contribution in [0, 0.1) is 0 Å². The number of rotatable bonds is 7. The maximum atomic E-state index is 2.46. The highest BCUT2D eigenvalue weighted by molar-refractivity contribution is 6.08. The molecule has 10 aromatic carbocycles. The van der Waals surface area contributed by atoms with E-state index in [9.17, 15) is 0 Å². The standard InChI is InChI=1S/C62H45N/c1-61(2)56-29-17-15-27-52(56)53-38-36-50(41-58(53)61)63(48-33-31-43(32-34-48)42-19-7-3-8-20-42)49-35-37-51-45(39-49)40-55(44-21-9-4-10-22-44)59-54-28-16-18-30-57(54)62(60(51)59,46-23-11-5-12-24-46)47-25-13-6-14-26-47/h3-41H,1-2H3. The molecule has 0 saturated heterocycles. The second-order valence-electron chi connectivity index (χ2n) is 17.6. The molecule has 0 aliphatic heterocycles. The molecule has 0 bridgehead atoms. The Labute approximate surface area is 370 Å². The summed E-state index contributed by atoms with van der Waals surface area (Å²) >= 11 is 0. The molecule has 0 radical (unpaired) electrons. The summed E-state index contributed by atoms with van der Waals surface area (Å²) in [4.78, 5) is 2.46. The molecule has 12 rings (SSSR count). The highest BCUT2D eigenvalue weighted by Crippen LogP contribution is 2.61. The van der Waals surface area contributed by atoms with Crippen LogP contribution in [-0.4, -0.2) is 0 Å². The lowest BCUT2D eigenvalue weighted by Gasteiger charge is -2.35. The molecular weight excluding hydrogens is 759 g/mol. The first kappa shape index (κ1) is 37.1. The quantitative estimate of drug-likeness (QED) is 0.155. The maximum Gasteiger partial charge on any atom is 0.0719 e. The second-order valence-corrected chi connectivity index (χ2v) is 17.6. The van der Waals surface area contributed by atoms with E-state index < -0.39 is 5.41 Å². The third-order valence-corrected chi connectivity index (χ3v) is 13.9. The summed E-state index contributed by atoms with van der Waals surface area (Å²) in [6.07, 6.45) is 0. The molecule has 0 unspecified atom stereocenters. The summed E-state index contributed by atoms with van der Waals surface area (Å²) in [7, 11) is 0. The Kier molecular flexibility index (Phi) is 8.49. The number of anilines is 3. The summed E-state index contributed by atoms with van der Waals surface area (Å²) in [6.45, 7) is 4.73. The first-order chi connectivity index (χ1) is 31.0. The van der Waals surface area contributed by atoms with Crippen LogP contribution in [0.15, 0.2) is 237 Å². The maximum absolute atomic E-state index is 2.46. The third kappa shape index (κ3) is 5.63. The van der Waals surface area contributed by atoms with Gasteiger partial charge in [-0.25, -0.2) is 0 Å². The van der Waals surface area contributed by atoms with Crippen LogP contribution < -0.4 is 4.90 Å². The van der Waals surface area contributed by atoms with E-state index in [1.54, 1.807) is 0 Å². The molecule has 63 heavy (non-hydrogen) atoms. The predicted octanol–water partition coefficient (Wildman–Crippen LogP) is 16.3. The van der Waals surface area contributed by atoms with E-state index in [-0.39, 0.29) is 5.41 Å². The Hall–Kier alpha value is -7.74. The monoisotopic (exact) mass is 803 g/mol. The van der Waals surface area contributed by atoms with Crippen LogP contribution in [0.4, 0.5) is 17.1 Å². The van der Waals surface area contributed by atoms with Crippen molar-refractivity contribution in [2.45, 2.75) is 24.7 Å². The topological polar surface area (TPSA) is 3.24 Å². The molecule has 298 valence electrons. The van der Waals surface area contributed by atoms with Crippen LogP contribution in [0.2, 0.25) is 0 Å². The fourth-order valence-corrected chi connectivity index (χ4v) is 11.1. The van der Waals surface area contributed by atoms with Gasteiger partial charge in [-0.3, -0.25) is 0 Å². The highest BCUT2D eigenvalue weighted by Gasteiger charge is 2.48. The van der Waals surface area contributed by atoms with Gasteiger partial charge < -0.3 is 4.90 Å². The first-order valence-electron chi connectivity index (χ1n) is 22.1. The molecule has 0 saturated carbocycles. The van der Waals surface area contributed by atoms with Gasteiger partial charge in [0.1, 0.15) is 0 Å². The van der Waals surface area contributed by atoms with Crippen LogP contribution in [0.3, 0.4) is 0 Å². The van der Waals surface area contributed by atoms with E-state index in [4.69, 9.17) is 0 Å². The van der Waals surface area contributed by atoms with E-state index in [0.717, 1.165) is 17.1 Å². The number of hydrogen-bond donors (Lipinski definition) is 0. The summed E-state index contributed by atoms with van der Waals surface area (Å²) in [5, 5.41) is 2.45. The van der Waals surface area contributed by atoms with Crippen molar-refractivity contribution in [2.75, 3.05) is 4.90 Å². The molecule has 0 spiro atoms. The number of nitrogens with zero attached hydrogens (tertiary/aromatic N) is 1. The van der Waals surface area contributed by atoms with Crippen molar-refractivity contribution < 1.29 is 0 Å². The van der Waals surface area contributed by atoms with Gasteiger partial charge in [0.2, 0.25) is 0 Å². The van der Waals surface area contributed by atoms with Gasteiger partial charge in [0.25, 0.3) is 0 Å². The van der Waals surface area contributed by atoms with Crippen LogP contribution in [-0.2, 0) is 10.8 Å². The molecular formula is C62H45N. The molecule has 2 aliphatic carbocycles. The van der Waals surface area contributed by atoms with E-state index >= 15 is 0 Å². The van der Waals surface area contributed by atoms with E-state index in [0.29, 0.717) is 0 Å². The molecule has 0 N–H and O–H groups in total. The lowest BCUT2D eigenvalue weighted by atomic mass is 9.66. The predicted molar refractivity (Wildman–Crippen MR) is 264 cm³/mol. The minimum absolute atomic E-state index is 0.132. The van der Waals surface area contributed by atoms with Crippen molar-refractivity contribution >= 4 is 27.8 Å². The van der Waals surface area contributed by atoms with Crippen molar-refractivity contribution in [3.63, 3.8) is 0 Å². The normalized spacial score (nSPS) is 13.8. The second kappa shape index (κ2) is 14.4. The summed E-state index contributed by atoms with van der Waals surface area (Å²) in [6, 6.07) is 87.8. The van der Waals surface area contributed by atoms with E-state index in [2.05, 4.69) is 255 Å². The molecule has 0 heterocycles. The van der Waals surface area contributed by atoms with Crippen molar-refractivity contribution in [2.24, 2.45) is 0 Å². The fraction of sp³-hybridized carbons (Fsp3) is 0.0645. The molecule has 0 fully saturated rings. The Morgan fingerprint density at radius 2 is 0.825 bits per heavy atom. The van der Waals surface area contributed by atoms with Gasteiger partial charge >= 0.3 is 0 Å². The largest absolute Gasteiger partial charge is 0.310 e. The minimum Gasteiger partial charge on any atom is -0.310 e. The Morgan fingerprint density at radius 1 is 0.333 bits per heavy atom. The number of fused-ring (bicyclic) bond motifs is 8. The van der Waals surface area contributed by atoms with E-state index in [1.165, 1.54) is 88.7 Å². The van der Waals surface area contributed by atoms with Gasteiger partial charge in [-0.15, -0.1) is 0 Å². The van der Waals surface area contributed by atoms with Crippen LogP contribution >= 0.6 is 0 Å². The first-order valence-corrected chi connectivity index (χ1v) is 22.1. The molecule has 1 heteroatoms. The zero-order chi connectivity index (χ0) is 42.1. The Morgan fingerprint density at radius 3 is 1.49 bits per heavy atom. The summed E-state index contributed by atoms with van der Waals surface area (Å²) in [5.74, 6) is 0. The van der Waals surface area contributed by atoms with Gasteiger partial charge in [0.15, 0.2) is 0 Å². The van der Waals surface area contributed by atoms with Crippen LogP contribution in [0.1, 0.15) is 47.2 Å². The molecule has 0 amide bonds. The van der Waals surface area contributed by atoms with Gasteiger partial charge in [0, 0.05) is 22.5 Å². The molecule has 0 atom stereocenters. The fourth-order valence-electron chi connectivity index (χ4n) is 11.1. The Bertz CT molecular complexity index is 3290.